The maximum Gasteiger partial charge on any atom is 0.222 e. The molecule has 1 aliphatic rings. The van der Waals surface area contributed by atoms with Crippen molar-refractivity contribution in [3.63, 3.8) is 0 Å². The predicted octanol–water partition coefficient (Wildman–Crippen LogP) is 0.970. The van der Waals surface area contributed by atoms with Crippen molar-refractivity contribution in [1.29, 1.82) is 0 Å². The van der Waals surface area contributed by atoms with Crippen LogP contribution in [-0.2, 0) is 11.3 Å². The van der Waals surface area contributed by atoms with Gasteiger partial charge in [0.1, 0.15) is 5.76 Å². The summed E-state index contributed by atoms with van der Waals surface area (Å²) in [6.07, 6.45) is 2.12. The van der Waals surface area contributed by atoms with Crippen molar-refractivity contribution < 1.29 is 9.21 Å². The van der Waals surface area contributed by atoms with Crippen molar-refractivity contribution in [2.75, 3.05) is 26.2 Å². The molecule has 1 amide bonds. The molecule has 0 radical (unpaired) electrons. The van der Waals surface area contributed by atoms with Crippen LogP contribution in [0.4, 0.5) is 0 Å². The van der Waals surface area contributed by atoms with Gasteiger partial charge in [-0.05, 0) is 26.0 Å². The third-order valence-electron chi connectivity index (χ3n) is 3.61. The van der Waals surface area contributed by atoms with Crippen molar-refractivity contribution in [3.05, 3.63) is 24.2 Å². The van der Waals surface area contributed by atoms with Gasteiger partial charge in [0.2, 0.25) is 5.91 Å². The molecular formula is C14H23N3O2. The molecule has 2 N–H and O–H groups in total. The zero-order valence-corrected chi connectivity index (χ0v) is 11.7. The number of carbonyl (C=O) groups is 1. The van der Waals surface area contributed by atoms with Gasteiger partial charge in [0, 0.05) is 38.1 Å². The van der Waals surface area contributed by atoms with E-state index in [1.165, 1.54) is 0 Å². The van der Waals surface area contributed by atoms with E-state index in [0.29, 0.717) is 13.0 Å². The lowest BCUT2D eigenvalue weighted by Crippen LogP contribution is -2.54. The number of carbonyl (C=O) groups excluding carboxylic acids is 1. The molecular weight excluding hydrogens is 242 g/mol. The van der Waals surface area contributed by atoms with Gasteiger partial charge in [-0.15, -0.1) is 0 Å². The zero-order chi connectivity index (χ0) is 13.7. The van der Waals surface area contributed by atoms with Gasteiger partial charge in [0.25, 0.3) is 0 Å². The van der Waals surface area contributed by atoms with Crippen LogP contribution in [0.15, 0.2) is 22.8 Å². The normalized spacial score (nSPS) is 17.4. The molecule has 0 aliphatic carbocycles. The Kier molecular flexibility index (Phi) is 4.61. The van der Waals surface area contributed by atoms with Crippen molar-refractivity contribution in [2.24, 2.45) is 0 Å². The molecule has 0 spiro atoms. The number of amides is 1. The Labute approximate surface area is 114 Å². The number of rotatable bonds is 5. The molecule has 1 aromatic rings. The van der Waals surface area contributed by atoms with Crippen molar-refractivity contribution in [1.82, 2.24) is 15.5 Å². The van der Waals surface area contributed by atoms with E-state index in [1.54, 1.807) is 6.26 Å². The first-order valence-corrected chi connectivity index (χ1v) is 6.83. The topological polar surface area (TPSA) is 57.5 Å². The summed E-state index contributed by atoms with van der Waals surface area (Å²) in [5, 5.41) is 6.23. The van der Waals surface area contributed by atoms with Crippen molar-refractivity contribution in [2.45, 2.75) is 32.4 Å². The van der Waals surface area contributed by atoms with E-state index in [0.717, 1.165) is 31.9 Å². The van der Waals surface area contributed by atoms with E-state index in [2.05, 4.69) is 29.4 Å². The molecule has 106 valence electrons. The Bertz CT molecular complexity index is 395. The minimum atomic E-state index is -0.102. The minimum Gasteiger partial charge on any atom is -0.467 e. The Morgan fingerprint density at radius 1 is 1.47 bits per heavy atom. The molecule has 1 aliphatic heterocycles. The first-order chi connectivity index (χ1) is 9.08. The van der Waals surface area contributed by atoms with Crippen LogP contribution in [0.1, 0.15) is 26.0 Å². The fraction of sp³-hybridized carbons (Fsp3) is 0.643. The minimum absolute atomic E-state index is 0.0694. The van der Waals surface area contributed by atoms with Gasteiger partial charge >= 0.3 is 0 Å². The first kappa shape index (κ1) is 14.1. The van der Waals surface area contributed by atoms with Crippen LogP contribution in [-0.4, -0.2) is 42.5 Å². The average Bonchev–Trinajstić information content (AvgIpc) is 2.90. The molecule has 0 unspecified atom stereocenters. The van der Waals surface area contributed by atoms with Crippen LogP contribution >= 0.6 is 0 Å². The number of furan rings is 1. The van der Waals surface area contributed by atoms with Gasteiger partial charge in [-0.1, -0.05) is 0 Å². The lowest BCUT2D eigenvalue weighted by Gasteiger charge is -2.40. The zero-order valence-electron chi connectivity index (χ0n) is 11.7. The van der Waals surface area contributed by atoms with Crippen molar-refractivity contribution in [3.8, 4) is 0 Å². The third kappa shape index (κ3) is 4.08. The van der Waals surface area contributed by atoms with Crippen LogP contribution in [0.25, 0.3) is 0 Å². The molecule has 2 rings (SSSR count). The Hall–Kier alpha value is -1.33. The summed E-state index contributed by atoms with van der Waals surface area (Å²) >= 11 is 0. The van der Waals surface area contributed by atoms with Crippen LogP contribution < -0.4 is 10.6 Å². The molecule has 1 aromatic heterocycles. The van der Waals surface area contributed by atoms with Gasteiger partial charge in [-0.25, -0.2) is 0 Å². The number of nitrogens with zero attached hydrogens (tertiary/aromatic N) is 1. The molecule has 1 fully saturated rings. The Balaban J connectivity index is 1.79. The average molecular weight is 265 g/mol. The lowest BCUT2D eigenvalue weighted by molar-refractivity contribution is -0.124. The number of hydrogen-bond acceptors (Lipinski definition) is 4. The van der Waals surface area contributed by atoms with Gasteiger partial charge in [-0.2, -0.15) is 0 Å². The largest absolute Gasteiger partial charge is 0.467 e. The van der Waals surface area contributed by atoms with E-state index in [9.17, 15) is 4.79 Å². The summed E-state index contributed by atoms with van der Waals surface area (Å²) in [5.41, 5.74) is -0.102. The summed E-state index contributed by atoms with van der Waals surface area (Å²) in [5.74, 6) is 0.855. The molecule has 5 nitrogen and oxygen atoms in total. The third-order valence-corrected chi connectivity index (χ3v) is 3.61. The summed E-state index contributed by atoms with van der Waals surface area (Å²) in [6.45, 7) is 8.71. The van der Waals surface area contributed by atoms with Crippen LogP contribution in [0.3, 0.4) is 0 Å². The van der Waals surface area contributed by atoms with Crippen molar-refractivity contribution >= 4 is 5.91 Å². The highest BCUT2D eigenvalue weighted by Gasteiger charge is 2.30. The van der Waals surface area contributed by atoms with E-state index >= 15 is 0 Å². The second kappa shape index (κ2) is 6.21. The summed E-state index contributed by atoms with van der Waals surface area (Å²) in [7, 11) is 0. The fourth-order valence-electron chi connectivity index (χ4n) is 2.44. The van der Waals surface area contributed by atoms with Crippen LogP contribution in [0, 0.1) is 0 Å². The smallest absolute Gasteiger partial charge is 0.222 e. The quantitative estimate of drug-likeness (QED) is 0.833. The highest BCUT2D eigenvalue weighted by Crippen LogP contribution is 2.19. The molecule has 0 atom stereocenters. The van der Waals surface area contributed by atoms with Crippen LogP contribution in [0.5, 0.6) is 0 Å². The van der Waals surface area contributed by atoms with E-state index in [1.807, 2.05) is 12.1 Å². The Morgan fingerprint density at radius 2 is 2.21 bits per heavy atom. The SMILES string of the molecule is CC(C)(CC(=O)NCc1ccco1)N1CCNCC1. The summed E-state index contributed by atoms with van der Waals surface area (Å²) in [4.78, 5) is 14.4. The molecule has 19 heavy (non-hydrogen) atoms. The summed E-state index contributed by atoms with van der Waals surface area (Å²) < 4.78 is 5.20. The van der Waals surface area contributed by atoms with E-state index < -0.39 is 0 Å². The first-order valence-electron chi connectivity index (χ1n) is 6.83. The molecule has 5 heteroatoms. The maximum absolute atomic E-state index is 12.0. The summed E-state index contributed by atoms with van der Waals surface area (Å²) in [6, 6.07) is 3.69. The molecule has 0 aromatic carbocycles. The number of piperazine rings is 1. The standard InChI is InChI=1S/C14H23N3O2/c1-14(2,17-7-5-15-6-8-17)10-13(18)16-11-12-4-3-9-19-12/h3-4,9,15H,5-8,10-11H2,1-2H3,(H,16,18). The molecule has 0 saturated carbocycles. The molecule has 0 bridgehead atoms. The van der Waals surface area contributed by atoms with Gasteiger partial charge < -0.3 is 15.1 Å². The van der Waals surface area contributed by atoms with Gasteiger partial charge in [0.15, 0.2) is 0 Å². The second-order valence-electron chi connectivity index (χ2n) is 5.58. The number of nitrogens with one attached hydrogen (secondary N) is 2. The maximum atomic E-state index is 12.0. The highest BCUT2D eigenvalue weighted by molar-refractivity contribution is 5.77. The van der Waals surface area contributed by atoms with Gasteiger partial charge in [-0.3, -0.25) is 9.69 Å². The molecule has 2 heterocycles. The second-order valence-corrected chi connectivity index (χ2v) is 5.58. The van der Waals surface area contributed by atoms with Gasteiger partial charge in [0.05, 0.1) is 12.8 Å². The van der Waals surface area contributed by atoms with E-state index in [-0.39, 0.29) is 11.4 Å². The highest BCUT2D eigenvalue weighted by atomic mass is 16.3. The Morgan fingerprint density at radius 3 is 2.84 bits per heavy atom. The van der Waals surface area contributed by atoms with E-state index in [4.69, 9.17) is 4.42 Å². The fourth-order valence-corrected chi connectivity index (χ4v) is 2.44. The monoisotopic (exact) mass is 265 g/mol. The van der Waals surface area contributed by atoms with Crippen LogP contribution in [0.2, 0.25) is 0 Å². The predicted molar refractivity (Wildman–Crippen MR) is 73.7 cm³/mol. The molecule has 1 saturated heterocycles. The number of hydrogen-bond donors (Lipinski definition) is 2. The lowest BCUT2D eigenvalue weighted by atomic mass is 9.96.